The summed E-state index contributed by atoms with van der Waals surface area (Å²) in [7, 11) is 0. The molecule has 7 heteroatoms. The molecule has 26 heavy (non-hydrogen) atoms. The van der Waals surface area contributed by atoms with Gasteiger partial charge in [-0.3, -0.25) is 4.79 Å². The monoisotopic (exact) mass is 379 g/mol. The summed E-state index contributed by atoms with van der Waals surface area (Å²) in [4.78, 5) is 24.3. The van der Waals surface area contributed by atoms with E-state index in [1.54, 1.807) is 26.0 Å². The van der Waals surface area contributed by atoms with Gasteiger partial charge in [-0.1, -0.05) is 30.7 Å². The van der Waals surface area contributed by atoms with Crippen LogP contribution in [0.3, 0.4) is 0 Å². The molecule has 0 aliphatic heterocycles. The lowest BCUT2D eigenvalue weighted by molar-refractivity contribution is -0.122. The zero-order valence-corrected chi connectivity index (χ0v) is 15.2. The van der Waals surface area contributed by atoms with Crippen molar-refractivity contribution >= 4 is 29.2 Å². The predicted octanol–water partition coefficient (Wildman–Crippen LogP) is 4.45. The highest BCUT2D eigenvalue weighted by Crippen LogP contribution is 2.23. The molecule has 0 spiro atoms. The molecule has 0 aliphatic carbocycles. The maximum Gasteiger partial charge on any atom is 0.339 e. The van der Waals surface area contributed by atoms with Crippen LogP contribution < -0.4 is 10.1 Å². The summed E-state index contributed by atoms with van der Waals surface area (Å²) < 4.78 is 24.1. The highest BCUT2D eigenvalue weighted by Gasteiger charge is 2.21. The maximum absolute atomic E-state index is 13.7. The molecule has 1 N–H and O–H groups in total. The fourth-order valence-corrected chi connectivity index (χ4v) is 2.40. The van der Waals surface area contributed by atoms with E-state index >= 15 is 0 Å². The van der Waals surface area contributed by atoms with Crippen molar-refractivity contribution in [3.63, 3.8) is 0 Å². The van der Waals surface area contributed by atoms with Gasteiger partial charge in [0.05, 0.1) is 17.2 Å². The number of halogens is 2. The normalized spacial score (nSPS) is 11.5. The Labute approximate surface area is 156 Å². The van der Waals surface area contributed by atoms with Crippen molar-refractivity contribution in [1.29, 1.82) is 0 Å². The third-order valence-electron chi connectivity index (χ3n) is 3.50. The smallest absolute Gasteiger partial charge is 0.339 e. The Balaban J connectivity index is 2.13. The number of nitrogens with one attached hydrogen (secondary N) is 1. The maximum atomic E-state index is 13.7. The Hall–Kier alpha value is -2.60. The van der Waals surface area contributed by atoms with Crippen molar-refractivity contribution in [3.8, 4) is 5.75 Å². The first-order chi connectivity index (χ1) is 12.5. The van der Waals surface area contributed by atoms with Crippen LogP contribution in [0.5, 0.6) is 5.75 Å². The van der Waals surface area contributed by atoms with E-state index in [0.29, 0.717) is 12.1 Å². The van der Waals surface area contributed by atoms with Crippen molar-refractivity contribution < 1.29 is 23.5 Å². The molecular weight excluding hydrogens is 361 g/mol. The molecule has 0 aromatic heterocycles. The van der Waals surface area contributed by atoms with E-state index in [2.05, 4.69) is 5.32 Å². The molecule has 5 nitrogen and oxygen atoms in total. The number of hydrogen-bond donors (Lipinski definition) is 1. The van der Waals surface area contributed by atoms with Crippen molar-refractivity contribution in [2.24, 2.45) is 0 Å². The van der Waals surface area contributed by atoms with Crippen LogP contribution in [0.1, 0.15) is 30.6 Å². The number of esters is 1. The molecular formula is C19H19ClFNO4. The molecule has 0 bridgehead atoms. The third-order valence-corrected chi connectivity index (χ3v) is 3.83. The molecule has 1 amide bonds. The number of benzene rings is 2. The lowest BCUT2D eigenvalue weighted by Gasteiger charge is -2.18. The first kappa shape index (κ1) is 19.7. The minimum atomic E-state index is -0.895. The second-order valence-electron chi connectivity index (χ2n) is 5.35. The minimum absolute atomic E-state index is 0.00202. The average molecular weight is 380 g/mol. The standard InChI is InChI=1S/C19H19ClFNO4/c1-3-16(26-17-8-6-5-7-15(17)21)18(23)22-12-9-10-14(20)13(11-12)19(24)25-4-2/h5-11,16H,3-4H2,1-2H3,(H,22,23)/t16-/m1/s1. The number of hydrogen-bond acceptors (Lipinski definition) is 4. The number of carbonyl (C=O) groups is 2. The molecule has 2 rings (SSSR count). The van der Waals surface area contributed by atoms with Crippen LogP contribution in [-0.2, 0) is 9.53 Å². The summed E-state index contributed by atoms with van der Waals surface area (Å²) in [6, 6.07) is 10.3. The number of ether oxygens (including phenoxy) is 2. The van der Waals surface area contributed by atoms with Crippen LogP contribution in [0.25, 0.3) is 0 Å². The van der Waals surface area contributed by atoms with Crippen LogP contribution in [0.15, 0.2) is 42.5 Å². The van der Waals surface area contributed by atoms with E-state index < -0.39 is 23.8 Å². The number of amides is 1. The van der Waals surface area contributed by atoms with Gasteiger partial charge in [-0.2, -0.15) is 0 Å². The van der Waals surface area contributed by atoms with Gasteiger partial charge in [-0.25, -0.2) is 9.18 Å². The summed E-state index contributed by atoms with van der Waals surface area (Å²) in [5.74, 6) is -1.59. The topological polar surface area (TPSA) is 64.6 Å². The molecule has 2 aromatic rings. The van der Waals surface area contributed by atoms with Crippen LogP contribution in [0, 0.1) is 5.82 Å². The van der Waals surface area contributed by atoms with Gasteiger partial charge in [-0.05, 0) is 43.7 Å². The van der Waals surface area contributed by atoms with Crippen molar-refractivity contribution in [2.45, 2.75) is 26.4 Å². The van der Waals surface area contributed by atoms with Gasteiger partial charge in [0.2, 0.25) is 0 Å². The van der Waals surface area contributed by atoms with Crippen LogP contribution in [0.4, 0.5) is 10.1 Å². The molecule has 0 unspecified atom stereocenters. The van der Waals surface area contributed by atoms with Crippen LogP contribution in [-0.4, -0.2) is 24.6 Å². The molecule has 0 aliphatic rings. The first-order valence-electron chi connectivity index (χ1n) is 8.15. The van der Waals surface area contributed by atoms with Gasteiger partial charge >= 0.3 is 5.97 Å². The van der Waals surface area contributed by atoms with E-state index in [4.69, 9.17) is 21.1 Å². The van der Waals surface area contributed by atoms with E-state index in [1.807, 2.05) is 0 Å². The minimum Gasteiger partial charge on any atom is -0.478 e. The molecule has 0 saturated carbocycles. The largest absolute Gasteiger partial charge is 0.478 e. The van der Waals surface area contributed by atoms with Gasteiger partial charge in [0.15, 0.2) is 17.7 Å². The Bertz CT molecular complexity index is 797. The SMILES string of the molecule is CCOC(=O)c1cc(NC(=O)[C@@H](CC)Oc2ccccc2F)ccc1Cl. The van der Waals surface area contributed by atoms with Gasteiger partial charge < -0.3 is 14.8 Å². The molecule has 2 aromatic carbocycles. The molecule has 1 atom stereocenters. The second kappa shape index (κ2) is 9.20. The van der Waals surface area contributed by atoms with E-state index in [0.717, 1.165) is 0 Å². The number of rotatable bonds is 7. The van der Waals surface area contributed by atoms with Gasteiger partial charge in [0, 0.05) is 5.69 Å². The lowest BCUT2D eigenvalue weighted by Crippen LogP contribution is -2.32. The summed E-state index contributed by atoms with van der Waals surface area (Å²) in [5.41, 5.74) is 0.507. The Kier molecular flexibility index (Phi) is 6.97. The predicted molar refractivity (Wildman–Crippen MR) is 97.1 cm³/mol. The molecule has 0 radical (unpaired) electrons. The molecule has 0 fully saturated rings. The molecule has 0 saturated heterocycles. The second-order valence-corrected chi connectivity index (χ2v) is 5.76. The summed E-state index contributed by atoms with van der Waals surface area (Å²) >= 11 is 6.00. The zero-order valence-electron chi connectivity index (χ0n) is 14.4. The highest BCUT2D eigenvalue weighted by atomic mass is 35.5. The van der Waals surface area contributed by atoms with Crippen LogP contribution >= 0.6 is 11.6 Å². The number of para-hydroxylation sites is 1. The lowest BCUT2D eigenvalue weighted by atomic mass is 10.2. The Morgan fingerprint density at radius 1 is 1.19 bits per heavy atom. The zero-order chi connectivity index (χ0) is 19.1. The average Bonchev–Trinajstić information content (AvgIpc) is 2.62. The van der Waals surface area contributed by atoms with E-state index in [9.17, 15) is 14.0 Å². The van der Waals surface area contributed by atoms with Gasteiger partial charge in [-0.15, -0.1) is 0 Å². The van der Waals surface area contributed by atoms with Crippen LogP contribution in [0.2, 0.25) is 5.02 Å². The number of anilines is 1. The number of carbonyl (C=O) groups excluding carboxylic acids is 2. The summed E-state index contributed by atoms with van der Waals surface area (Å²) in [6.45, 7) is 3.64. The molecule has 0 heterocycles. The first-order valence-corrected chi connectivity index (χ1v) is 8.52. The van der Waals surface area contributed by atoms with E-state index in [1.165, 1.54) is 30.3 Å². The summed E-state index contributed by atoms with van der Waals surface area (Å²) in [6.07, 6.45) is -0.563. The van der Waals surface area contributed by atoms with Gasteiger partial charge in [0.1, 0.15) is 0 Å². The van der Waals surface area contributed by atoms with Gasteiger partial charge in [0.25, 0.3) is 5.91 Å². The Morgan fingerprint density at radius 3 is 2.58 bits per heavy atom. The van der Waals surface area contributed by atoms with Crippen molar-refractivity contribution in [2.75, 3.05) is 11.9 Å². The summed E-state index contributed by atoms with van der Waals surface area (Å²) in [5, 5.41) is 2.86. The fourth-order valence-electron chi connectivity index (χ4n) is 2.21. The Morgan fingerprint density at radius 2 is 1.92 bits per heavy atom. The van der Waals surface area contributed by atoms with E-state index in [-0.39, 0.29) is 22.9 Å². The molecule has 138 valence electrons. The van der Waals surface area contributed by atoms with Crippen molar-refractivity contribution in [1.82, 2.24) is 0 Å². The fraction of sp³-hybridized carbons (Fsp3) is 0.263. The quantitative estimate of drug-likeness (QED) is 0.722. The third kappa shape index (κ3) is 4.95. The highest BCUT2D eigenvalue weighted by molar-refractivity contribution is 6.33. The van der Waals surface area contributed by atoms with Crippen molar-refractivity contribution in [3.05, 3.63) is 58.9 Å².